The molecule has 0 radical (unpaired) electrons. The molecule has 0 aliphatic rings. The second kappa shape index (κ2) is 6.42. The number of amides is 1. The number of aromatic amines is 1. The van der Waals surface area contributed by atoms with E-state index in [1.165, 1.54) is 6.20 Å². The lowest BCUT2D eigenvalue weighted by Crippen LogP contribution is -2.27. The molecule has 6 heteroatoms. The molecule has 108 valence electrons. The van der Waals surface area contributed by atoms with E-state index in [2.05, 4.69) is 21.4 Å². The van der Waals surface area contributed by atoms with Crippen LogP contribution in [0.25, 0.3) is 0 Å². The summed E-state index contributed by atoms with van der Waals surface area (Å²) in [7, 11) is 0. The Bertz CT molecular complexity index is 687. The summed E-state index contributed by atoms with van der Waals surface area (Å²) in [6.45, 7) is 3.95. The van der Waals surface area contributed by atoms with Crippen molar-refractivity contribution >= 4 is 17.5 Å². The summed E-state index contributed by atoms with van der Waals surface area (Å²) in [6, 6.07) is 8.14. The first-order chi connectivity index (χ1) is 10.0. The summed E-state index contributed by atoms with van der Waals surface area (Å²) in [5.74, 6) is 0.559. The fraction of sp³-hybridized carbons (Fsp3) is 0.267. The molecule has 0 saturated carbocycles. The van der Waals surface area contributed by atoms with Gasteiger partial charge in [-0.3, -0.25) is 4.79 Å². The number of carbonyl (C=O) groups excluding carboxylic acids is 1. The van der Waals surface area contributed by atoms with Crippen molar-refractivity contribution in [2.24, 2.45) is 0 Å². The van der Waals surface area contributed by atoms with E-state index in [0.717, 1.165) is 5.82 Å². The fourth-order valence-electron chi connectivity index (χ4n) is 1.83. The monoisotopic (exact) mass is 302 g/mol. The van der Waals surface area contributed by atoms with Gasteiger partial charge >= 0.3 is 0 Å². The van der Waals surface area contributed by atoms with Gasteiger partial charge < -0.3 is 10.3 Å². The molecule has 1 heterocycles. The van der Waals surface area contributed by atoms with Crippen LogP contribution in [0, 0.1) is 11.3 Å². The highest BCUT2D eigenvalue weighted by molar-refractivity contribution is 6.30. The molecule has 0 spiro atoms. The highest BCUT2D eigenvalue weighted by Gasteiger charge is 2.17. The summed E-state index contributed by atoms with van der Waals surface area (Å²) in [4.78, 5) is 19.2. The lowest BCUT2D eigenvalue weighted by Gasteiger charge is -2.11. The van der Waals surface area contributed by atoms with Crippen LogP contribution in [0.4, 0.5) is 0 Å². The zero-order chi connectivity index (χ0) is 15.4. The Balaban J connectivity index is 2.15. The highest BCUT2D eigenvalue weighted by atomic mass is 35.5. The molecule has 1 amide bonds. The summed E-state index contributed by atoms with van der Waals surface area (Å²) in [5, 5.41) is 12.4. The van der Waals surface area contributed by atoms with E-state index in [-0.39, 0.29) is 11.8 Å². The summed E-state index contributed by atoms with van der Waals surface area (Å²) in [6.07, 6.45) is 1.47. The van der Waals surface area contributed by atoms with Gasteiger partial charge in [-0.2, -0.15) is 5.26 Å². The average molecular weight is 303 g/mol. The molecule has 0 aliphatic heterocycles. The lowest BCUT2D eigenvalue weighted by molar-refractivity contribution is 0.0940. The molecule has 2 rings (SSSR count). The van der Waals surface area contributed by atoms with Gasteiger partial charge in [-0.25, -0.2) is 4.98 Å². The molecular weight excluding hydrogens is 288 g/mol. The Hall–Kier alpha value is -2.32. The molecule has 5 nitrogen and oxygen atoms in total. The van der Waals surface area contributed by atoms with Crippen LogP contribution in [0.2, 0.25) is 5.02 Å². The van der Waals surface area contributed by atoms with Gasteiger partial charge in [-0.1, -0.05) is 37.6 Å². The first kappa shape index (κ1) is 15.1. The van der Waals surface area contributed by atoms with Crippen molar-refractivity contribution < 1.29 is 4.79 Å². The number of imidazole rings is 1. The van der Waals surface area contributed by atoms with Gasteiger partial charge in [-0.05, 0) is 17.7 Å². The van der Waals surface area contributed by atoms with Crippen LogP contribution >= 0.6 is 11.6 Å². The molecule has 2 aromatic rings. The third-order valence-electron chi connectivity index (χ3n) is 2.97. The number of aromatic nitrogens is 2. The van der Waals surface area contributed by atoms with Crippen molar-refractivity contribution in [3.8, 4) is 6.07 Å². The summed E-state index contributed by atoms with van der Waals surface area (Å²) >= 11 is 5.90. The first-order valence-corrected chi connectivity index (χ1v) is 6.90. The number of rotatable bonds is 4. The Kier molecular flexibility index (Phi) is 4.61. The normalized spacial score (nSPS) is 12.0. The van der Waals surface area contributed by atoms with Gasteiger partial charge in [0.05, 0.1) is 12.3 Å². The molecule has 0 aliphatic carbocycles. The molecular formula is C15H15ClN4O. The Morgan fingerprint density at radius 1 is 1.48 bits per heavy atom. The van der Waals surface area contributed by atoms with Gasteiger partial charge in [0.2, 0.25) is 0 Å². The van der Waals surface area contributed by atoms with Crippen molar-refractivity contribution in [1.29, 1.82) is 5.26 Å². The average Bonchev–Trinajstić information content (AvgIpc) is 2.94. The molecule has 21 heavy (non-hydrogen) atoms. The van der Waals surface area contributed by atoms with Crippen molar-refractivity contribution in [2.45, 2.75) is 25.8 Å². The molecule has 1 aromatic heterocycles. The molecule has 1 aromatic carbocycles. The van der Waals surface area contributed by atoms with E-state index < -0.39 is 6.04 Å². The van der Waals surface area contributed by atoms with Crippen molar-refractivity contribution in [2.75, 3.05) is 0 Å². The molecule has 1 atom stereocenters. The van der Waals surface area contributed by atoms with Crippen LogP contribution in [0.1, 0.15) is 47.7 Å². The maximum Gasteiger partial charge on any atom is 0.270 e. The fourth-order valence-corrected chi connectivity index (χ4v) is 2.03. The minimum Gasteiger partial charge on any atom is -0.338 e. The first-order valence-electron chi connectivity index (χ1n) is 6.52. The Morgan fingerprint density at radius 2 is 2.24 bits per heavy atom. The summed E-state index contributed by atoms with van der Waals surface area (Å²) in [5.41, 5.74) is 0.975. The van der Waals surface area contributed by atoms with Crippen LogP contribution in [-0.2, 0) is 0 Å². The Labute approximate surface area is 128 Å². The second-order valence-corrected chi connectivity index (χ2v) is 5.36. The minimum absolute atomic E-state index is 0.200. The third kappa shape index (κ3) is 3.61. The maximum atomic E-state index is 12.1. The molecule has 0 fully saturated rings. The number of hydrogen-bond acceptors (Lipinski definition) is 3. The maximum absolute atomic E-state index is 12.1. The number of nitrogens with one attached hydrogen (secondary N) is 2. The largest absolute Gasteiger partial charge is 0.338 e. The van der Waals surface area contributed by atoms with Gasteiger partial charge in [0, 0.05) is 10.9 Å². The van der Waals surface area contributed by atoms with Crippen LogP contribution in [0.5, 0.6) is 0 Å². The molecule has 0 saturated heterocycles. The van der Waals surface area contributed by atoms with Gasteiger partial charge in [-0.15, -0.1) is 0 Å². The lowest BCUT2D eigenvalue weighted by atomic mass is 10.1. The van der Waals surface area contributed by atoms with Crippen molar-refractivity contribution in [3.63, 3.8) is 0 Å². The number of nitriles is 1. The van der Waals surface area contributed by atoms with Crippen molar-refractivity contribution in [3.05, 3.63) is 52.6 Å². The number of hydrogen-bond donors (Lipinski definition) is 2. The molecule has 2 N–H and O–H groups in total. The predicted octanol–water partition coefficient (Wildman–Crippen LogP) is 3.18. The van der Waals surface area contributed by atoms with Gasteiger partial charge in [0.15, 0.2) is 0 Å². The highest BCUT2D eigenvalue weighted by Crippen LogP contribution is 2.18. The smallest absolute Gasteiger partial charge is 0.270 e. The molecule has 0 unspecified atom stereocenters. The predicted molar refractivity (Wildman–Crippen MR) is 79.9 cm³/mol. The Morgan fingerprint density at radius 3 is 2.81 bits per heavy atom. The van der Waals surface area contributed by atoms with E-state index in [1.807, 2.05) is 13.8 Å². The number of carbonyl (C=O) groups is 1. The number of nitrogens with zero attached hydrogens (tertiary/aromatic N) is 2. The van der Waals surface area contributed by atoms with Gasteiger partial charge in [0.1, 0.15) is 17.6 Å². The second-order valence-electron chi connectivity index (χ2n) is 4.93. The van der Waals surface area contributed by atoms with Crippen LogP contribution in [0.15, 0.2) is 30.5 Å². The van der Waals surface area contributed by atoms with E-state index >= 15 is 0 Å². The van der Waals surface area contributed by atoms with E-state index in [9.17, 15) is 10.1 Å². The van der Waals surface area contributed by atoms with E-state index in [0.29, 0.717) is 16.3 Å². The topological polar surface area (TPSA) is 81.6 Å². The quantitative estimate of drug-likeness (QED) is 0.910. The third-order valence-corrected chi connectivity index (χ3v) is 3.21. The van der Waals surface area contributed by atoms with E-state index in [4.69, 9.17) is 11.6 Å². The van der Waals surface area contributed by atoms with Crippen LogP contribution in [0.3, 0.4) is 0 Å². The minimum atomic E-state index is -0.762. The van der Waals surface area contributed by atoms with Crippen LogP contribution < -0.4 is 5.32 Å². The zero-order valence-corrected chi connectivity index (χ0v) is 12.5. The number of halogens is 1. The standard InChI is InChI=1S/C15H15ClN4O/c1-9(2)14-18-8-13(19-14)15(21)20-12(7-17)10-4-3-5-11(16)6-10/h3-6,8-9,12H,1-2H3,(H,18,19)(H,20,21)/t12-/m0/s1. The summed E-state index contributed by atoms with van der Waals surface area (Å²) < 4.78 is 0. The van der Waals surface area contributed by atoms with Gasteiger partial charge in [0.25, 0.3) is 5.91 Å². The number of benzene rings is 1. The van der Waals surface area contributed by atoms with Crippen molar-refractivity contribution in [1.82, 2.24) is 15.3 Å². The van der Waals surface area contributed by atoms with E-state index in [1.54, 1.807) is 24.3 Å². The van der Waals surface area contributed by atoms with Crippen LogP contribution in [-0.4, -0.2) is 15.9 Å². The number of H-pyrrole nitrogens is 1. The molecule has 0 bridgehead atoms. The zero-order valence-electron chi connectivity index (χ0n) is 11.7. The SMILES string of the molecule is CC(C)c1ncc(C(=O)N[C@@H](C#N)c2cccc(Cl)c2)[nH]1.